The predicted octanol–water partition coefficient (Wildman–Crippen LogP) is 2.26. The van der Waals surface area contributed by atoms with Gasteiger partial charge in [0.05, 0.1) is 29.9 Å². The van der Waals surface area contributed by atoms with Gasteiger partial charge in [0.25, 0.3) is 17.5 Å². The summed E-state index contributed by atoms with van der Waals surface area (Å²) in [7, 11) is 0. The molecule has 0 atom stereocenters. The number of amides is 2. The minimum absolute atomic E-state index is 0.125. The van der Waals surface area contributed by atoms with E-state index in [1.54, 1.807) is 30.3 Å². The Morgan fingerprint density at radius 2 is 1.89 bits per heavy atom. The Hall–Kier alpha value is -3.75. The van der Waals surface area contributed by atoms with Crippen molar-refractivity contribution in [3.05, 3.63) is 69.8 Å². The summed E-state index contributed by atoms with van der Waals surface area (Å²) in [6.45, 7) is 2.30. The number of nitrogens with one attached hydrogen (secondary N) is 2. The first-order valence-electron chi connectivity index (χ1n) is 8.57. The summed E-state index contributed by atoms with van der Waals surface area (Å²) in [6.07, 6.45) is 2.06. The van der Waals surface area contributed by atoms with Crippen LogP contribution in [0.4, 0.5) is 5.69 Å². The van der Waals surface area contributed by atoms with Gasteiger partial charge in [-0.1, -0.05) is 19.1 Å². The first-order chi connectivity index (χ1) is 13.5. The number of hydrogen-bond donors (Lipinski definition) is 2. The second kappa shape index (κ2) is 10.4. The highest BCUT2D eigenvalue weighted by atomic mass is 16.6. The van der Waals surface area contributed by atoms with Gasteiger partial charge in [-0.3, -0.25) is 19.7 Å². The average molecular weight is 384 g/mol. The van der Waals surface area contributed by atoms with Crippen LogP contribution in [0.3, 0.4) is 0 Å². The Morgan fingerprint density at radius 3 is 2.57 bits per heavy atom. The van der Waals surface area contributed by atoms with E-state index in [4.69, 9.17) is 4.74 Å². The minimum atomic E-state index is -0.564. The number of rotatable bonds is 9. The van der Waals surface area contributed by atoms with Crippen LogP contribution in [0.1, 0.15) is 29.3 Å². The number of carbonyl (C=O) groups excluding carboxylic acids is 2. The SMILES string of the molecule is CCCOc1ccc(C(=O)NCC(=O)N/N=C/c2ccccc2[N+](=O)[O-])cc1. The number of nitrogens with zero attached hydrogens (tertiary/aromatic N) is 2. The van der Waals surface area contributed by atoms with Gasteiger partial charge in [0, 0.05) is 11.6 Å². The van der Waals surface area contributed by atoms with Gasteiger partial charge in [-0.25, -0.2) is 5.43 Å². The number of benzene rings is 2. The molecule has 9 heteroatoms. The van der Waals surface area contributed by atoms with E-state index in [-0.39, 0.29) is 17.8 Å². The lowest BCUT2D eigenvalue weighted by atomic mass is 10.2. The van der Waals surface area contributed by atoms with E-state index < -0.39 is 16.7 Å². The van der Waals surface area contributed by atoms with Gasteiger partial charge in [0.2, 0.25) is 0 Å². The molecule has 0 heterocycles. The molecule has 0 aliphatic heterocycles. The Bertz CT molecular complexity index is 865. The van der Waals surface area contributed by atoms with Crippen molar-refractivity contribution in [1.82, 2.24) is 10.7 Å². The smallest absolute Gasteiger partial charge is 0.278 e. The molecule has 0 fully saturated rings. The number of nitro groups is 1. The lowest BCUT2D eigenvalue weighted by Gasteiger charge is -2.07. The second-order valence-electron chi connectivity index (χ2n) is 5.66. The van der Waals surface area contributed by atoms with Crippen molar-refractivity contribution >= 4 is 23.7 Å². The molecule has 2 aromatic carbocycles. The van der Waals surface area contributed by atoms with Crippen molar-refractivity contribution in [3.8, 4) is 5.75 Å². The third-order valence-corrected chi connectivity index (χ3v) is 3.53. The monoisotopic (exact) mass is 384 g/mol. The summed E-state index contributed by atoms with van der Waals surface area (Å²) in [6, 6.07) is 12.6. The van der Waals surface area contributed by atoms with Crippen molar-refractivity contribution < 1.29 is 19.2 Å². The van der Waals surface area contributed by atoms with Crippen molar-refractivity contribution in [2.75, 3.05) is 13.2 Å². The van der Waals surface area contributed by atoms with Crippen molar-refractivity contribution in [2.45, 2.75) is 13.3 Å². The zero-order valence-corrected chi connectivity index (χ0v) is 15.3. The molecule has 2 amide bonds. The minimum Gasteiger partial charge on any atom is -0.494 e. The highest BCUT2D eigenvalue weighted by molar-refractivity contribution is 5.96. The maximum atomic E-state index is 12.0. The largest absolute Gasteiger partial charge is 0.494 e. The standard InChI is InChI=1S/C19H20N4O5/c1-2-11-28-16-9-7-14(8-10-16)19(25)20-13-18(24)22-21-12-15-5-3-4-6-17(15)23(26)27/h3-10,12H,2,11,13H2,1H3,(H,20,25)(H,22,24)/b21-12+. The average Bonchev–Trinajstić information content (AvgIpc) is 2.71. The van der Waals surface area contributed by atoms with Crippen LogP contribution in [-0.2, 0) is 4.79 Å². The summed E-state index contributed by atoms with van der Waals surface area (Å²) in [5.41, 5.74) is 2.73. The fourth-order valence-corrected chi connectivity index (χ4v) is 2.16. The molecule has 0 aliphatic rings. The predicted molar refractivity (Wildman–Crippen MR) is 103 cm³/mol. The number of carbonyl (C=O) groups is 2. The Labute approximate surface area is 161 Å². The van der Waals surface area contributed by atoms with E-state index in [0.29, 0.717) is 17.9 Å². The third kappa shape index (κ3) is 6.20. The molecule has 2 aromatic rings. The van der Waals surface area contributed by atoms with Gasteiger partial charge in [-0.2, -0.15) is 5.10 Å². The fraction of sp³-hybridized carbons (Fsp3) is 0.211. The van der Waals surface area contributed by atoms with Gasteiger partial charge < -0.3 is 10.1 Å². The first-order valence-corrected chi connectivity index (χ1v) is 8.57. The molecule has 28 heavy (non-hydrogen) atoms. The van der Waals surface area contributed by atoms with Gasteiger partial charge in [-0.05, 0) is 36.8 Å². The molecule has 0 saturated heterocycles. The molecule has 0 bridgehead atoms. The van der Waals surface area contributed by atoms with Crippen LogP contribution in [-0.4, -0.2) is 36.1 Å². The zero-order valence-electron chi connectivity index (χ0n) is 15.3. The van der Waals surface area contributed by atoms with Gasteiger partial charge >= 0.3 is 0 Å². The number of ether oxygens (including phenoxy) is 1. The van der Waals surface area contributed by atoms with Crippen LogP contribution in [0, 0.1) is 10.1 Å². The van der Waals surface area contributed by atoms with E-state index in [0.717, 1.165) is 6.42 Å². The molecule has 146 valence electrons. The number of para-hydroxylation sites is 1. The molecule has 0 spiro atoms. The maximum Gasteiger partial charge on any atom is 0.278 e. The molecule has 0 unspecified atom stereocenters. The van der Waals surface area contributed by atoms with Crippen LogP contribution in [0.2, 0.25) is 0 Å². The van der Waals surface area contributed by atoms with Crippen molar-refractivity contribution in [1.29, 1.82) is 0 Å². The summed E-state index contributed by atoms with van der Waals surface area (Å²) in [4.78, 5) is 34.2. The molecular weight excluding hydrogens is 364 g/mol. The zero-order chi connectivity index (χ0) is 20.4. The number of nitro benzene ring substituents is 1. The van der Waals surface area contributed by atoms with Gasteiger partial charge in [-0.15, -0.1) is 0 Å². The highest BCUT2D eigenvalue weighted by Crippen LogP contribution is 2.15. The van der Waals surface area contributed by atoms with E-state index in [9.17, 15) is 19.7 Å². The van der Waals surface area contributed by atoms with E-state index in [1.165, 1.54) is 24.4 Å². The molecule has 0 aliphatic carbocycles. The van der Waals surface area contributed by atoms with Crippen LogP contribution in [0.5, 0.6) is 5.75 Å². The highest BCUT2D eigenvalue weighted by Gasteiger charge is 2.11. The van der Waals surface area contributed by atoms with E-state index in [2.05, 4.69) is 15.8 Å². The second-order valence-corrected chi connectivity index (χ2v) is 5.66. The lowest BCUT2D eigenvalue weighted by molar-refractivity contribution is -0.385. The molecule has 0 saturated carbocycles. The fourth-order valence-electron chi connectivity index (χ4n) is 2.16. The number of hydrogen-bond acceptors (Lipinski definition) is 6. The Kier molecular flexibility index (Phi) is 7.64. The van der Waals surface area contributed by atoms with Gasteiger partial charge in [0.15, 0.2) is 0 Å². The molecule has 0 aromatic heterocycles. The van der Waals surface area contributed by atoms with Crippen LogP contribution >= 0.6 is 0 Å². The summed E-state index contributed by atoms with van der Waals surface area (Å²) >= 11 is 0. The van der Waals surface area contributed by atoms with Crippen LogP contribution in [0.25, 0.3) is 0 Å². The normalized spacial score (nSPS) is 10.5. The van der Waals surface area contributed by atoms with Crippen molar-refractivity contribution in [2.24, 2.45) is 5.10 Å². The number of hydrazone groups is 1. The first kappa shape index (κ1) is 20.6. The van der Waals surface area contributed by atoms with E-state index in [1.807, 2.05) is 6.92 Å². The third-order valence-electron chi connectivity index (χ3n) is 3.53. The Morgan fingerprint density at radius 1 is 1.18 bits per heavy atom. The summed E-state index contributed by atoms with van der Waals surface area (Å²) < 4.78 is 5.44. The summed E-state index contributed by atoms with van der Waals surface area (Å²) in [5, 5.41) is 17.0. The molecule has 9 nitrogen and oxygen atoms in total. The quantitative estimate of drug-likeness (QED) is 0.390. The lowest BCUT2D eigenvalue weighted by Crippen LogP contribution is -2.34. The van der Waals surface area contributed by atoms with Gasteiger partial charge in [0.1, 0.15) is 5.75 Å². The van der Waals surface area contributed by atoms with E-state index >= 15 is 0 Å². The molecular formula is C19H20N4O5. The molecule has 2 N–H and O–H groups in total. The summed E-state index contributed by atoms with van der Waals surface area (Å²) in [5.74, 6) is -0.313. The van der Waals surface area contributed by atoms with Crippen LogP contribution < -0.4 is 15.5 Å². The Balaban J connectivity index is 1.82. The topological polar surface area (TPSA) is 123 Å². The molecule has 2 rings (SSSR count). The molecule has 0 radical (unpaired) electrons. The maximum absolute atomic E-state index is 12.0. The van der Waals surface area contributed by atoms with Crippen LogP contribution in [0.15, 0.2) is 53.6 Å². The van der Waals surface area contributed by atoms with Crippen molar-refractivity contribution in [3.63, 3.8) is 0 Å².